The average molecular weight is 232 g/mol. The molecule has 0 saturated heterocycles. The average Bonchev–Trinajstić information content (AvgIpc) is 2.27. The molecule has 5 heteroatoms. The first-order chi connectivity index (χ1) is 7.56. The van der Waals surface area contributed by atoms with E-state index >= 15 is 0 Å². The van der Waals surface area contributed by atoms with Crippen molar-refractivity contribution in [1.82, 2.24) is 5.32 Å². The molecule has 16 heavy (non-hydrogen) atoms. The molecule has 0 fully saturated rings. The summed E-state index contributed by atoms with van der Waals surface area (Å²) in [4.78, 5) is 11.7. The molecular weight excluding hydrogens is 208 g/mol. The van der Waals surface area contributed by atoms with E-state index in [-0.39, 0.29) is 24.5 Å². The molecule has 3 atom stereocenters. The number of aliphatic hydroxyl groups is 1. The molecule has 96 valence electrons. The molecule has 0 rings (SSSR count). The highest BCUT2D eigenvalue weighted by Gasteiger charge is 2.21. The van der Waals surface area contributed by atoms with E-state index < -0.39 is 6.04 Å². The fourth-order valence-electron chi connectivity index (χ4n) is 1.36. The van der Waals surface area contributed by atoms with E-state index in [1.807, 2.05) is 13.8 Å². The van der Waals surface area contributed by atoms with E-state index in [9.17, 15) is 4.79 Å². The fourth-order valence-corrected chi connectivity index (χ4v) is 1.36. The van der Waals surface area contributed by atoms with Gasteiger partial charge in [-0.3, -0.25) is 4.79 Å². The van der Waals surface area contributed by atoms with Gasteiger partial charge in [-0.25, -0.2) is 0 Å². The minimum atomic E-state index is -0.497. The Bertz CT molecular complexity index is 194. The number of amides is 1. The van der Waals surface area contributed by atoms with E-state index in [2.05, 4.69) is 5.32 Å². The smallest absolute Gasteiger partial charge is 0.237 e. The van der Waals surface area contributed by atoms with Gasteiger partial charge < -0.3 is 20.9 Å². The zero-order valence-electron chi connectivity index (χ0n) is 10.4. The Morgan fingerprint density at radius 1 is 1.56 bits per heavy atom. The van der Waals surface area contributed by atoms with Crippen molar-refractivity contribution in [2.45, 2.75) is 38.8 Å². The standard InChI is InChI=1S/C11H24N2O3/c1-4-8(2)10(12)11(15)13-9(5-6-14)7-16-3/h8-10,14H,4-7,12H2,1-3H3,(H,13,15)/t8?,9?,10-/m0/s1. The van der Waals surface area contributed by atoms with Crippen LogP contribution in [0.25, 0.3) is 0 Å². The van der Waals surface area contributed by atoms with Crippen molar-refractivity contribution in [3.8, 4) is 0 Å². The van der Waals surface area contributed by atoms with Crippen molar-refractivity contribution in [3.63, 3.8) is 0 Å². The maximum Gasteiger partial charge on any atom is 0.237 e. The molecule has 4 N–H and O–H groups in total. The van der Waals surface area contributed by atoms with Gasteiger partial charge in [-0.1, -0.05) is 20.3 Å². The molecule has 0 aromatic rings. The van der Waals surface area contributed by atoms with Gasteiger partial charge in [-0.15, -0.1) is 0 Å². The van der Waals surface area contributed by atoms with E-state index in [1.54, 1.807) is 7.11 Å². The van der Waals surface area contributed by atoms with Crippen LogP contribution in [0, 0.1) is 5.92 Å². The van der Waals surface area contributed by atoms with E-state index in [0.29, 0.717) is 13.0 Å². The van der Waals surface area contributed by atoms with Crippen LogP contribution >= 0.6 is 0 Å². The summed E-state index contributed by atoms with van der Waals surface area (Å²) in [5.41, 5.74) is 5.80. The van der Waals surface area contributed by atoms with Gasteiger partial charge >= 0.3 is 0 Å². The molecule has 0 aliphatic carbocycles. The van der Waals surface area contributed by atoms with Crippen molar-refractivity contribution in [2.24, 2.45) is 11.7 Å². The summed E-state index contributed by atoms with van der Waals surface area (Å²) in [5.74, 6) is -0.0258. The van der Waals surface area contributed by atoms with E-state index in [1.165, 1.54) is 0 Å². The molecule has 0 aromatic carbocycles. The van der Waals surface area contributed by atoms with E-state index in [4.69, 9.17) is 15.6 Å². The SMILES string of the molecule is CCC(C)[C@H](N)C(=O)NC(CCO)COC. The lowest BCUT2D eigenvalue weighted by Crippen LogP contribution is -2.49. The number of carbonyl (C=O) groups excluding carboxylic acids is 1. The molecule has 0 bridgehead atoms. The third kappa shape index (κ3) is 5.44. The number of nitrogens with one attached hydrogen (secondary N) is 1. The molecule has 0 heterocycles. The lowest BCUT2D eigenvalue weighted by atomic mass is 9.99. The predicted molar refractivity (Wildman–Crippen MR) is 62.9 cm³/mol. The van der Waals surface area contributed by atoms with Crippen LogP contribution in [0.4, 0.5) is 0 Å². The largest absolute Gasteiger partial charge is 0.396 e. The summed E-state index contributed by atoms with van der Waals surface area (Å²) in [6.45, 7) is 4.35. The second kappa shape index (κ2) is 8.50. The monoisotopic (exact) mass is 232 g/mol. The fraction of sp³-hybridized carbons (Fsp3) is 0.909. The number of methoxy groups -OCH3 is 1. The number of rotatable bonds is 8. The highest BCUT2D eigenvalue weighted by molar-refractivity contribution is 5.82. The van der Waals surface area contributed by atoms with Crippen LogP contribution in [0.15, 0.2) is 0 Å². The third-order valence-electron chi connectivity index (χ3n) is 2.75. The first kappa shape index (κ1) is 15.3. The third-order valence-corrected chi connectivity index (χ3v) is 2.75. The predicted octanol–water partition coefficient (Wildman–Crippen LogP) is -0.127. The van der Waals surface area contributed by atoms with Gasteiger partial charge in [0, 0.05) is 13.7 Å². The molecular formula is C11H24N2O3. The molecule has 5 nitrogen and oxygen atoms in total. The van der Waals surface area contributed by atoms with Crippen LogP contribution in [0.3, 0.4) is 0 Å². The number of hydrogen-bond acceptors (Lipinski definition) is 4. The zero-order valence-corrected chi connectivity index (χ0v) is 10.4. The normalized spacial score (nSPS) is 16.6. The Balaban J connectivity index is 4.16. The van der Waals surface area contributed by atoms with Gasteiger partial charge in [0.2, 0.25) is 5.91 Å². The Labute approximate surface area is 97.3 Å². The zero-order chi connectivity index (χ0) is 12.6. The molecule has 0 aliphatic heterocycles. The molecule has 1 amide bonds. The molecule has 2 unspecified atom stereocenters. The number of nitrogens with two attached hydrogens (primary N) is 1. The van der Waals surface area contributed by atoms with Crippen molar-refractivity contribution in [2.75, 3.05) is 20.3 Å². The van der Waals surface area contributed by atoms with Gasteiger partial charge in [0.1, 0.15) is 0 Å². The number of carbonyl (C=O) groups is 1. The highest BCUT2D eigenvalue weighted by Crippen LogP contribution is 2.05. The Kier molecular flexibility index (Phi) is 8.15. The topological polar surface area (TPSA) is 84.6 Å². The van der Waals surface area contributed by atoms with Crippen LogP contribution < -0.4 is 11.1 Å². The summed E-state index contributed by atoms with van der Waals surface area (Å²) in [5, 5.41) is 11.6. The maximum absolute atomic E-state index is 11.7. The van der Waals surface area contributed by atoms with Crippen LogP contribution in [-0.4, -0.2) is 43.4 Å². The Morgan fingerprint density at radius 3 is 2.62 bits per heavy atom. The van der Waals surface area contributed by atoms with Crippen LogP contribution in [-0.2, 0) is 9.53 Å². The Hall–Kier alpha value is -0.650. The van der Waals surface area contributed by atoms with Crippen molar-refractivity contribution in [3.05, 3.63) is 0 Å². The minimum absolute atomic E-state index is 0.0207. The first-order valence-electron chi connectivity index (χ1n) is 5.72. The Morgan fingerprint density at radius 2 is 2.19 bits per heavy atom. The molecule has 0 saturated carbocycles. The van der Waals surface area contributed by atoms with Crippen molar-refractivity contribution < 1.29 is 14.6 Å². The van der Waals surface area contributed by atoms with Crippen molar-refractivity contribution >= 4 is 5.91 Å². The molecule has 0 spiro atoms. The maximum atomic E-state index is 11.7. The van der Waals surface area contributed by atoms with Crippen LogP contribution in [0.5, 0.6) is 0 Å². The second-order valence-corrected chi connectivity index (χ2v) is 4.08. The quantitative estimate of drug-likeness (QED) is 0.544. The van der Waals surface area contributed by atoms with Gasteiger partial charge in [-0.2, -0.15) is 0 Å². The summed E-state index contributed by atoms with van der Waals surface area (Å²) in [6, 6.07) is -0.666. The number of ether oxygens (including phenoxy) is 1. The van der Waals surface area contributed by atoms with Crippen LogP contribution in [0.1, 0.15) is 26.7 Å². The second-order valence-electron chi connectivity index (χ2n) is 4.08. The van der Waals surface area contributed by atoms with Gasteiger partial charge in [0.25, 0.3) is 0 Å². The van der Waals surface area contributed by atoms with Gasteiger partial charge in [0.05, 0.1) is 18.7 Å². The van der Waals surface area contributed by atoms with Crippen LogP contribution in [0.2, 0.25) is 0 Å². The van der Waals surface area contributed by atoms with Gasteiger partial charge in [-0.05, 0) is 12.3 Å². The lowest BCUT2D eigenvalue weighted by Gasteiger charge is -2.22. The summed E-state index contributed by atoms with van der Waals surface area (Å²) < 4.78 is 4.96. The summed E-state index contributed by atoms with van der Waals surface area (Å²) in [7, 11) is 1.56. The number of aliphatic hydroxyl groups excluding tert-OH is 1. The highest BCUT2D eigenvalue weighted by atomic mass is 16.5. The first-order valence-corrected chi connectivity index (χ1v) is 5.72. The molecule has 0 aliphatic rings. The minimum Gasteiger partial charge on any atom is -0.396 e. The van der Waals surface area contributed by atoms with Gasteiger partial charge in [0.15, 0.2) is 0 Å². The number of hydrogen-bond donors (Lipinski definition) is 3. The summed E-state index contributed by atoms with van der Waals surface area (Å²) >= 11 is 0. The molecule has 0 aromatic heterocycles. The van der Waals surface area contributed by atoms with E-state index in [0.717, 1.165) is 6.42 Å². The lowest BCUT2D eigenvalue weighted by molar-refractivity contribution is -0.124. The molecule has 0 radical (unpaired) electrons. The summed E-state index contributed by atoms with van der Waals surface area (Å²) in [6.07, 6.45) is 1.34. The van der Waals surface area contributed by atoms with Crippen molar-refractivity contribution in [1.29, 1.82) is 0 Å².